The highest BCUT2D eigenvalue weighted by molar-refractivity contribution is 5.69. The molecule has 1 aliphatic heterocycles. The van der Waals surface area contributed by atoms with Crippen LogP contribution in [-0.2, 0) is 4.74 Å². The van der Waals surface area contributed by atoms with Crippen molar-refractivity contribution in [2.24, 2.45) is 0 Å². The van der Waals surface area contributed by atoms with Crippen LogP contribution in [0.4, 0.5) is 5.82 Å². The van der Waals surface area contributed by atoms with Crippen molar-refractivity contribution < 1.29 is 9.15 Å². The molecule has 0 aliphatic carbocycles. The van der Waals surface area contributed by atoms with E-state index >= 15 is 0 Å². The Kier molecular flexibility index (Phi) is 2.67. The van der Waals surface area contributed by atoms with Crippen LogP contribution in [0.25, 0.3) is 17.1 Å². The topological polar surface area (TPSA) is 55.8 Å². The molecule has 102 valence electrons. The van der Waals surface area contributed by atoms with Crippen LogP contribution in [0.1, 0.15) is 0 Å². The molecule has 1 aliphatic rings. The maximum Gasteiger partial charge on any atom is 0.180 e. The third kappa shape index (κ3) is 1.77. The standard InChI is InChI=1S/C14H14N4O2/c1-2-12(20-7-1)11-10-16-14-13(15-3-4-18(11)14)17-5-8-19-9-6-17/h1-4,7,10H,5-6,8-9H2. The zero-order valence-corrected chi connectivity index (χ0v) is 10.9. The van der Waals surface area contributed by atoms with E-state index in [0.29, 0.717) is 0 Å². The summed E-state index contributed by atoms with van der Waals surface area (Å²) in [7, 11) is 0. The second-order valence-electron chi connectivity index (χ2n) is 4.66. The second-order valence-corrected chi connectivity index (χ2v) is 4.66. The number of furan rings is 1. The molecule has 0 radical (unpaired) electrons. The number of hydrogen-bond acceptors (Lipinski definition) is 5. The van der Waals surface area contributed by atoms with Crippen molar-refractivity contribution in [3.05, 3.63) is 37.0 Å². The molecule has 4 rings (SSSR count). The summed E-state index contributed by atoms with van der Waals surface area (Å²) in [5, 5.41) is 0. The van der Waals surface area contributed by atoms with Gasteiger partial charge < -0.3 is 14.1 Å². The molecule has 0 spiro atoms. The van der Waals surface area contributed by atoms with Crippen LogP contribution < -0.4 is 4.90 Å². The quantitative estimate of drug-likeness (QED) is 0.711. The first-order valence-corrected chi connectivity index (χ1v) is 6.62. The van der Waals surface area contributed by atoms with E-state index in [1.54, 1.807) is 12.5 Å². The van der Waals surface area contributed by atoms with Gasteiger partial charge in [-0.05, 0) is 12.1 Å². The average molecular weight is 270 g/mol. The molecule has 6 nitrogen and oxygen atoms in total. The fourth-order valence-corrected chi connectivity index (χ4v) is 2.51. The number of nitrogens with zero attached hydrogens (tertiary/aromatic N) is 4. The first-order chi connectivity index (χ1) is 9.93. The van der Waals surface area contributed by atoms with Crippen molar-refractivity contribution in [2.45, 2.75) is 0 Å². The highest BCUT2D eigenvalue weighted by Gasteiger charge is 2.18. The lowest BCUT2D eigenvalue weighted by Gasteiger charge is -2.27. The summed E-state index contributed by atoms with van der Waals surface area (Å²) in [5.41, 5.74) is 1.78. The Balaban J connectivity index is 1.83. The number of aromatic nitrogens is 3. The number of imidazole rings is 1. The van der Waals surface area contributed by atoms with E-state index in [1.807, 2.05) is 28.9 Å². The van der Waals surface area contributed by atoms with Gasteiger partial charge in [0, 0.05) is 25.5 Å². The van der Waals surface area contributed by atoms with Crippen LogP contribution in [0.5, 0.6) is 0 Å². The lowest BCUT2D eigenvalue weighted by atomic mass is 10.3. The van der Waals surface area contributed by atoms with Crippen LogP contribution in [0.2, 0.25) is 0 Å². The average Bonchev–Trinajstić information content (AvgIpc) is 3.16. The highest BCUT2D eigenvalue weighted by Crippen LogP contribution is 2.25. The largest absolute Gasteiger partial charge is 0.463 e. The van der Waals surface area contributed by atoms with E-state index < -0.39 is 0 Å². The van der Waals surface area contributed by atoms with Crippen LogP contribution >= 0.6 is 0 Å². The molecule has 0 bridgehead atoms. The van der Waals surface area contributed by atoms with E-state index in [-0.39, 0.29) is 0 Å². The number of hydrogen-bond donors (Lipinski definition) is 0. The van der Waals surface area contributed by atoms with Crippen molar-refractivity contribution >= 4 is 11.5 Å². The molecule has 0 N–H and O–H groups in total. The van der Waals surface area contributed by atoms with Gasteiger partial charge in [0.15, 0.2) is 17.2 Å². The maximum absolute atomic E-state index is 5.46. The van der Waals surface area contributed by atoms with Gasteiger partial charge in [-0.15, -0.1) is 0 Å². The Hall–Kier alpha value is -2.34. The molecule has 4 heterocycles. The number of fused-ring (bicyclic) bond motifs is 1. The highest BCUT2D eigenvalue weighted by atomic mass is 16.5. The van der Waals surface area contributed by atoms with E-state index in [2.05, 4.69) is 14.9 Å². The van der Waals surface area contributed by atoms with Gasteiger partial charge >= 0.3 is 0 Å². The molecular formula is C14H14N4O2. The predicted octanol–water partition coefficient (Wildman–Crippen LogP) is 1.83. The molecule has 0 atom stereocenters. The van der Waals surface area contributed by atoms with Gasteiger partial charge in [-0.3, -0.25) is 4.40 Å². The normalized spacial score (nSPS) is 15.9. The number of ether oxygens (including phenoxy) is 1. The molecule has 20 heavy (non-hydrogen) atoms. The van der Waals surface area contributed by atoms with Gasteiger partial charge in [-0.25, -0.2) is 9.97 Å². The lowest BCUT2D eigenvalue weighted by Crippen LogP contribution is -2.37. The Morgan fingerprint density at radius 3 is 2.85 bits per heavy atom. The van der Waals surface area contributed by atoms with Gasteiger partial charge in [-0.2, -0.15) is 0 Å². The van der Waals surface area contributed by atoms with Crippen LogP contribution in [0.3, 0.4) is 0 Å². The SMILES string of the molecule is c1coc(-c2cnc3c(N4CCOCC4)nccn23)c1. The van der Waals surface area contributed by atoms with Crippen molar-refractivity contribution in [3.63, 3.8) is 0 Å². The van der Waals surface area contributed by atoms with Crippen molar-refractivity contribution in [1.29, 1.82) is 0 Å². The summed E-state index contributed by atoms with van der Waals surface area (Å²) in [6.45, 7) is 3.15. The zero-order chi connectivity index (χ0) is 13.4. The number of rotatable bonds is 2. The molecule has 0 saturated carbocycles. The van der Waals surface area contributed by atoms with E-state index in [0.717, 1.165) is 49.2 Å². The van der Waals surface area contributed by atoms with Gasteiger partial charge in [0.25, 0.3) is 0 Å². The van der Waals surface area contributed by atoms with Crippen LogP contribution in [0.15, 0.2) is 41.4 Å². The molecule has 3 aromatic heterocycles. The molecular weight excluding hydrogens is 256 g/mol. The van der Waals surface area contributed by atoms with Crippen LogP contribution in [0, 0.1) is 0 Å². The molecule has 1 fully saturated rings. The molecule has 1 saturated heterocycles. The summed E-state index contributed by atoms with van der Waals surface area (Å²) in [6, 6.07) is 3.80. The van der Waals surface area contributed by atoms with Crippen molar-refractivity contribution in [2.75, 3.05) is 31.2 Å². The smallest absolute Gasteiger partial charge is 0.180 e. The Bertz CT molecular complexity index is 714. The monoisotopic (exact) mass is 270 g/mol. The minimum absolute atomic E-state index is 0.731. The maximum atomic E-state index is 5.46. The van der Waals surface area contributed by atoms with Crippen molar-refractivity contribution in [1.82, 2.24) is 14.4 Å². The first-order valence-electron chi connectivity index (χ1n) is 6.62. The lowest BCUT2D eigenvalue weighted by molar-refractivity contribution is 0.122. The van der Waals surface area contributed by atoms with Gasteiger partial charge in [-0.1, -0.05) is 0 Å². The number of anilines is 1. The summed E-state index contributed by atoms with van der Waals surface area (Å²) in [5.74, 6) is 1.70. The van der Waals surface area contributed by atoms with Crippen molar-refractivity contribution in [3.8, 4) is 11.5 Å². The van der Waals surface area contributed by atoms with Crippen LogP contribution in [-0.4, -0.2) is 40.7 Å². The van der Waals surface area contributed by atoms with E-state index in [1.165, 1.54) is 0 Å². The zero-order valence-electron chi connectivity index (χ0n) is 10.9. The summed E-state index contributed by atoms with van der Waals surface area (Å²) in [4.78, 5) is 11.2. The summed E-state index contributed by atoms with van der Waals surface area (Å²) in [6.07, 6.45) is 7.19. The second kappa shape index (κ2) is 4.64. The summed E-state index contributed by atoms with van der Waals surface area (Å²) < 4.78 is 12.9. The minimum Gasteiger partial charge on any atom is -0.463 e. The fraction of sp³-hybridized carbons (Fsp3) is 0.286. The van der Waals surface area contributed by atoms with Gasteiger partial charge in [0.1, 0.15) is 5.69 Å². The molecule has 0 aromatic carbocycles. The fourth-order valence-electron chi connectivity index (χ4n) is 2.51. The molecule has 6 heteroatoms. The van der Waals surface area contributed by atoms with E-state index in [4.69, 9.17) is 9.15 Å². The minimum atomic E-state index is 0.731. The number of morpholine rings is 1. The molecule has 0 unspecified atom stereocenters. The predicted molar refractivity (Wildman–Crippen MR) is 73.7 cm³/mol. The first kappa shape index (κ1) is 11.5. The third-order valence-corrected chi connectivity index (χ3v) is 3.49. The van der Waals surface area contributed by atoms with Gasteiger partial charge in [0.05, 0.1) is 25.7 Å². The van der Waals surface area contributed by atoms with E-state index in [9.17, 15) is 0 Å². The third-order valence-electron chi connectivity index (χ3n) is 3.49. The van der Waals surface area contributed by atoms with Gasteiger partial charge in [0.2, 0.25) is 0 Å². The Morgan fingerprint density at radius 2 is 2.05 bits per heavy atom. The Morgan fingerprint density at radius 1 is 1.15 bits per heavy atom. The Labute approximate surface area is 115 Å². The summed E-state index contributed by atoms with van der Waals surface area (Å²) >= 11 is 0. The molecule has 3 aromatic rings. The molecule has 0 amide bonds.